The van der Waals surface area contributed by atoms with Crippen LogP contribution in [-0.2, 0) is 6.54 Å². The van der Waals surface area contributed by atoms with Crippen LogP contribution in [0.4, 0.5) is 5.69 Å². The zero-order chi connectivity index (χ0) is 16.4. The molecular weight excluding hydrogens is 292 g/mol. The maximum atomic E-state index is 4.54. The zero-order valence-corrected chi connectivity index (χ0v) is 13.9. The summed E-state index contributed by atoms with van der Waals surface area (Å²) in [6.07, 6.45) is 4.11. The monoisotopic (exact) mass is 314 g/mol. The number of nitrogens with zero attached hydrogens (tertiary/aromatic N) is 7. The van der Waals surface area contributed by atoms with Crippen molar-refractivity contribution in [3.63, 3.8) is 0 Å². The van der Waals surface area contributed by atoms with E-state index in [0.717, 1.165) is 35.8 Å². The highest BCUT2D eigenvalue weighted by molar-refractivity contribution is 5.67. The van der Waals surface area contributed by atoms with Crippen molar-refractivity contribution < 1.29 is 0 Å². The van der Waals surface area contributed by atoms with E-state index in [1.807, 2.05) is 10.7 Å². The van der Waals surface area contributed by atoms with Crippen molar-refractivity contribution in [2.24, 2.45) is 0 Å². The molecule has 0 aliphatic carbocycles. The predicted octanol–water partition coefficient (Wildman–Crippen LogP) is 2.42. The second-order valence-corrected chi connectivity index (χ2v) is 5.78. The summed E-state index contributed by atoms with van der Waals surface area (Å²) in [7, 11) is 0. The molecule has 3 rings (SSSR count). The maximum absolute atomic E-state index is 4.54. The van der Waals surface area contributed by atoms with E-state index < -0.39 is 0 Å². The Labute approximate surface area is 134 Å². The van der Waals surface area contributed by atoms with E-state index >= 15 is 0 Å². The molecule has 1 atom stereocenters. The molecule has 0 spiro atoms. The third-order valence-electron chi connectivity index (χ3n) is 3.87. The molecule has 3 heterocycles. The van der Waals surface area contributed by atoms with Crippen LogP contribution in [0.3, 0.4) is 0 Å². The first-order chi connectivity index (χ1) is 11.1. The van der Waals surface area contributed by atoms with E-state index in [1.165, 1.54) is 0 Å². The molecule has 0 saturated heterocycles. The van der Waals surface area contributed by atoms with Crippen LogP contribution in [0.15, 0.2) is 18.7 Å². The predicted molar refractivity (Wildman–Crippen MR) is 87.2 cm³/mol. The molecule has 0 saturated carbocycles. The van der Waals surface area contributed by atoms with Gasteiger partial charge in [0.05, 0.1) is 17.4 Å². The normalized spacial score (nSPS) is 12.9. The Morgan fingerprint density at radius 1 is 1.26 bits per heavy atom. The molecule has 122 valence electrons. The number of hydrogen-bond acceptors (Lipinski definition) is 6. The Morgan fingerprint density at radius 2 is 2.09 bits per heavy atom. The molecule has 8 heteroatoms. The lowest BCUT2D eigenvalue weighted by Gasteiger charge is -2.19. The highest BCUT2D eigenvalue weighted by atomic mass is 15.4. The first-order valence-corrected chi connectivity index (χ1v) is 7.99. The molecule has 8 nitrogen and oxygen atoms in total. The van der Waals surface area contributed by atoms with Crippen LogP contribution >= 0.6 is 0 Å². The van der Waals surface area contributed by atoms with Crippen molar-refractivity contribution in [2.75, 3.05) is 5.32 Å². The van der Waals surface area contributed by atoms with E-state index in [9.17, 15) is 0 Å². The molecule has 0 amide bonds. The lowest BCUT2D eigenvalue weighted by molar-refractivity contribution is 0.568. The zero-order valence-electron chi connectivity index (χ0n) is 13.9. The fourth-order valence-electron chi connectivity index (χ4n) is 2.56. The SMILES string of the molecule is CCC(Nc1cc(C(C)C)nn2cnnc12)c1ncnn1CC. The van der Waals surface area contributed by atoms with Gasteiger partial charge < -0.3 is 5.32 Å². The Balaban J connectivity index is 2.00. The van der Waals surface area contributed by atoms with Gasteiger partial charge in [0.15, 0.2) is 0 Å². The summed E-state index contributed by atoms with van der Waals surface area (Å²) in [5, 5.41) is 20.5. The van der Waals surface area contributed by atoms with Crippen LogP contribution in [0.5, 0.6) is 0 Å². The summed E-state index contributed by atoms with van der Waals surface area (Å²) in [6.45, 7) is 9.21. The van der Waals surface area contributed by atoms with Crippen LogP contribution < -0.4 is 5.32 Å². The number of aryl methyl sites for hydroxylation is 1. The number of rotatable bonds is 6. The van der Waals surface area contributed by atoms with E-state index in [1.54, 1.807) is 17.2 Å². The summed E-state index contributed by atoms with van der Waals surface area (Å²) in [4.78, 5) is 4.41. The second-order valence-electron chi connectivity index (χ2n) is 5.78. The number of anilines is 1. The summed E-state index contributed by atoms with van der Waals surface area (Å²) in [6, 6.07) is 2.10. The molecule has 0 fully saturated rings. The Kier molecular flexibility index (Phi) is 4.22. The van der Waals surface area contributed by atoms with Crippen LogP contribution in [0.2, 0.25) is 0 Å². The Morgan fingerprint density at radius 3 is 2.78 bits per heavy atom. The molecule has 0 radical (unpaired) electrons. The van der Waals surface area contributed by atoms with Gasteiger partial charge in [-0.15, -0.1) is 10.2 Å². The number of aromatic nitrogens is 7. The Hall–Kier alpha value is -2.51. The maximum Gasteiger partial charge on any atom is 0.200 e. The van der Waals surface area contributed by atoms with E-state index in [0.29, 0.717) is 5.92 Å². The van der Waals surface area contributed by atoms with E-state index in [4.69, 9.17) is 0 Å². The van der Waals surface area contributed by atoms with Gasteiger partial charge in [-0.1, -0.05) is 20.8 Å². The number of nitrogens with one attached hydrogen (secondary N) is 1. The highest BCUT2D eigenvalue weighted by Gasteiger charge is 2.18. The van der Waals surface area contributed by atoms with Crippen LogP contribution in [0.1, 0.15) is 57.6 Å². The van der Waals surface area contributed by atoms with Gasteiger partial charge in [0.2, 0.25) is 5.65 Å². The van der Waals surface area contributed by atoms with Crippen molar-refractivity contribution in [1.29, 1.82) is 0 Å². The van der Waals surface area contributed by atoms with Gasteiger partial charge in [0, 0.05) is 6.54 Å². The van der Waals surface area contributed by atoms with Crippen molar-refractivity contribution in [1.82, 2.24) is 34.6 Å². The standard InChI is InChI=1S/C15H22N8/c1-5-11(14-16-8-18-22(14)6-2)19-13-7-12(10(3)4)21-23-9-17-20-15(13)23/h7-11,19H,5-6H2,1-4H3. The summed E-state index contributed by atoms with van der Waals surface area (Å²) < 4.78 is 3.63. The molecular formula is C15H22N8. The summed E-state index contributed by atoms with van der Waals surface area (Å²) in [5.74, 6) is 1.25. The van der Waals surface area contributed by atoms with Gasteiger partial charge in [-0.25, -0.2) is 9.67 Å². The molecule has 0 aliphatic rings. The number of fused-ring (bicyclic) bond motifs is 1. The van der Waals surface area contributed by atoms with Gasteiger partial charge >= 0.3 is 0 Å². The molecule has 1 unspecified atom stereocenters. The molecule has 0 aromatic carbocycles. The second kappa shape index (κ2) is 6.31. The Bertz CT molecular complexity index is 788. The molecule has 3 aromatic rings. The van der Waals surface area contributed by atoms with Gasteiger partial charge in [-0.3, -0.25) is 0 Å². The topological polar surface area (TPSA) is 85.8 Å². The van der Waals surface area contributed by atoms with Crippen molar-refractivity contribution in [3.8, 4) is 0 Å². The van der Waals surface area contributed by atoms with Gasteiger partial charge in [-0.05, 0) is 25.3 Å². The van der Waals surface area contributed by atoms with Crippen LogP contribution in [0.25, 0.3) is 5.65 Å². The fourth-order valence-corrected chi connectivity index (χ4v) is 2.56. The van der Waals surface area contributed by atoms with Gasteiger partial charge in [0.25, 0.3) is 0 Å². The summed E-state index contributed by atoms with van der Waals surface area (Å²) in [5.41, 5.74) is 2.63. The highest BCUT2D eigenvalue weighted by Crippen LogP contribution is 2.25. The van der Waals surface area contributed by atoms with Crippen LogP contribution in [-0.4, -0.2) is 34.6 Å². The average molecular weight is 314 g/mol. The van der Waals surface area contributed by atoms with Gasteiger partial charge in [0.1, 0.15) is 18.5 Å². The molecule has 23 heavy (non-hydrogen) atoms. The van der Waals surface area contributed by atoms with Gasteiger partial charge in [-0.2, -0.15) is 14.7 Å². The quantitative estimate of drug-likeness (QED) is 0.752. The van der Waals surface area contributed by atoms with E-state index in [2.05, 4.69) is 58.4 Å². The minimum absolute atomic E-state index is 0.0559. The average Bonchev–Trinajstić information content (AvgIpc) is 3.20. The van der Waals surface area contributed by atoms with Crippen LogP contribution in [0, 0.1) is 0 Å². The van der Waals surface area contributed by atoms with E-state index in [-0.39, 0.29) is 6.04 Å². The molecule has 1 N–H and O–H groups in total. The lowest BCUT2D eigenvalue weighted by atomic mass is 10.1. The fraction of sp³-hybridized carbons (Fsp3) is 0.533. The molecule has 0 bridgehead atoms. The third kappa shape index (κ3) is 2.88. The number of hydrogen-bond donors (Lipinski definition) is 1. The minimum Gasteiger partial charge on any atom is -0.372 e. The third-order valence-corrected chi connectivity index (χ3v) is 3.87. The lowest BCUT2D eigenvalue weighted by Crippen LogP contribution is -2.17. The largest absolute Gasteiger partial charge is 0.372 e. The van der Waals surface area contributed by atoms with Crippen molar-refractivity contribution >= 4 is 11.3 Å². The first-order valence-electron chi connectivity index (χ1n) is 7.99. The molecule has 0 aliphatic heterocycles. The van der Waals surface area contributed by atoms with Crippen molar-refractivity contribution in [2.45, 2.75) is 52.6 Å². The van der Waals surface area contributed by atoms with Crippen molar-refractivity contribution in [3.05, 3.63) is 30.2 Å². The smallest absolute Gasteiger partial charge is 0.200 e. The molecule has 3 aromatic heterocycles. The minimum atomic E-state index is 0.0559. The summed E-state index contributed by atoms with van der Waals surface area (Å²) >= 11 is 0. The first kappa shape index (κ1) is 15.4.